The van der Waals surface area contributed by atoms with Gasteiger partial charge in [-0.3, -0.25) is 9.78 Å². The molecule has 2 saturated carbocycles. The maximum Gasteiger partial charge on any atom is 0.227 e. The topological polar surface area (TPSA) is 101 Å². The van der Waals surface area contributed by atoms with E-state index >= 15 is 0 Å². The van der Waals surface area contributed by atoms with E-state index in [4.69, 9.17) is 4.52 Å². The Hall–Kier alpha value is -2.28. The first kappa shape index (κ1) is 16.2. The van der Waals surface area contributed by atoms with Crippen LogP contribution in [0.1, 0.15) is 31.6 Å². The molecule has 25 heavy (non-hydrogen) atoms. The van der Waals surface area contributed by atoms with Gasteiger partial charge in [-0.1, -0.05) is 11.2 Å². The summed E-state index contributed by atoms with van der Waals surface area (Å²) < 4.78 is 5.21. The van der Waals surface area contributed by atoms with Crippen LogP contribution in [0.4, 0.5) is 0 Å². The van der Waals surface area contributed by atoms with E-state index in [1.54, 1.807) is 6.20 Å². The van der Waals surface area contributed by atoms with Crippen LogP contribution >= 0.6 is 0 Å². The van der Waals surface area contributed by atoms with E-state index in [0.29, 0.717) is 42.1 Å². The Labute approximate surface area is 145 Å². The average Bonchev–Trinajstić information content (AvgIpc) is 3.37. The van der Waals surface area contributed by atoms with Gasteiger partial charge in [-0.25, -0.2) is 0 Å². The smallest absolute Gasteiger partial charge is 0.227 e. The molecule has 7 heteroatoms. The summed E-state index contributed by atoms with van der Waals surface area (Å²) in [5, 5.41) is 16.6. The normalized spacial score (nSPS) is 27.6. The molecule has 2 aromatic rings. The van der Waals surface area contributed by atoms with E-state index in [1.807, 2.05) is 18.2 Å². The van der Waals surface area contributed by atoms with E-state index in [9.17, 15) is 9.90 Å². The van der Waals surface area contributed by atoms with Crippen LogP contribution in [0.25, 0.3) is 11.5 Å². The lowest BCUT2D eigenvalue weighted by Crippen LogP contribution is -2.45. The zero-order valence-electron chi connectivity index (χ0n) is 14.0. The van der Waals surface area contributed by atoms with Crippen LogP contribution in [0.2, 0.25) is 0 Å². The molecule has 0 radical (unpaired) electrons. The second-order valence-electron chi connectivity index (χ2n) is 7.00. The minimum absolute atomic E-state index is 0.0198. The molecule has 7 nitrogen and oxygen atoms in total. The van der Waals surface area contributed by atoms with Gasteiger partial charge in [-0.05, 0) is 43.2 Å². The van der Waals surface area contributed by atoms with Gasteiger partial charge in [0.1, 0.15) is 5.69 Å². The first-order valence-corrected chi connectivity index (χ1v) is 8.89. The summed E-state index contributed by atoms with van der Waals surface area (Å²) in [6, 6.07) is 5.61. The molecule has 0 spiro atoms. The number of fused-ring (bicyclic) bond motifs is 2. The highest BCUT2D eigenvalue weighted by molar-refractivity contribution is 5.76. The minimum atomic E-state index is -0.0198. The van der Waals surface area contributed by atoms with Crippen molar-refractivity contribution in [3.63, 3.8) is 0 Å². The Morgan fingerprint density at radius 1 is 1.32 bits per heavy atom. The standard InChI is InChI=1S/C18H22N4O3/c23-10-13-11-4-5-12(9-11)17(13)20-15(24)6-7-16-21-18(22-25-16)14-3-1-2-8-19-14/h1-3,8,11-13,17,23H,4-7,9-10H2,(H,20,24). The fourth-order valence-corrected chi connectivity index (χ4v) is 4.33. The van der Waals surface area contributed by atoms with Gasteiger partial charge in [0.25, 0.3) is 0 Å². The highest BCUT2D eigenvalue weighted by atomic mass is 16.5. The summed E-state index contributed by atoms with van der Waals surface area (Å²) >= 11 is 0. The maximum atomic E-state index is 12.3. The third-order valence-electron chi connectivity index (χ3n) is 5.55. The molecule has 4 atom stereocenters. The predicted molar refractivity (Wildman–Crippen MR) is 89.2 cm³/mol. The van der Waals surface area contributed by atoms with Crippen molar-refractivity contribution in [3.8, 4) is 11.5 Å². The Morgan fingerprint density at radius 2 is 2.20 bits per heavy atom. The number of carbonyl (C=O) groups excluding carboxylic acids is 1. The lowest BCUT2D eigenvalue weighted by Gasteiger charge is -2.30. The highest BCUT2D eigenvalue weighted by Gasteiger charge is 2.47. The Balaban J connectivity index is 1.31. The number of hydrogen-bond donors (Lipinski definition) is 2. The van der Waals surface area contributed by atoms with Crippen LogP contribution in [-0.2, 0) is 11.2 Å². The molecular formula is C18H22N4O3. The van der Waals surface area contributed by atoms with Crippen molar-refractivity contribution >= 4 is 5.91 Å². The van der Waals surface area contributed by atoms with Gasteiger partial charge >= 0.3 is 0 Å². The first-order chi connectivity index (χ1) is 12.2. The van der Waals surface area contributed by atoms with Crippen molar-refractivity contribution in [2.75, 3.05) is 6.61 Å². The number of aryl methyl sites for hydroxylation is 1. The Kier molecular flexibility index (Phi) is 4.48. The van der Waals surface area contributed by atoms with Crippen molar-refractivity contribution in [2.45, 2.75) is 38.1 Å². The van der Waals surface area contributed by atoms with Crippen molar-refractivity contribution in [3.05, 3.63) is 30.3 Å². The molecule has 1 amide bonds. The van der Waals surface area contributed by atoms with Gasteiger partial charge in [0.05, 0.1) is 0 Å². The molecule has 4 unspecified atom stereocenters. The number of nitrogens with one attached hydrogen (secondary N) is 1. The number of aliphatic hydroxyl groups excluding tert-OH is 1. The van der Waals surface area contributed by atoms with E-state index in [-0.39, 0.29) is 24.5 Å². The maximum absolute atomic E-state index is 12.3. The molecule has 0 saturated heterocycles. The number of aliphatic hydroxyl groups is 1. The molecule has 2 N–H and O–H groups in total. The van der Waals surface area contributed by atoms with Gasteiger partial charge in [0, 0.05) is 37.6 Å². The summed E-state index contributed by atoms with van der Waals surface area (Å²) in [5.41, 5.74) is 0.648. The average molecular weight is 342 g/mol. The molecule has 2 aliphatic rings. The quantitative estimate of drug-likeness (QED) is 0.827. The fraction of sp³-hybridized carbons (Fsp3) is 0.556. The Bertz CT molecular complexity index is 733. The number of amides is 1. The second kappa shape index (κ2) is 6.92. The van der Waals surface area contributed by atoms with Crippen LogP contribution in [0.15, 0.2) is 28.9 Å². The van der Waals surface area contributed by atoms with Crippen molar-refractivity contribution in [1.29, 1.82) is 0 Å². The van der Waals surface area contributed by atoms with Gasteiger partial charge in [0.2, 0.25) is 17.6 Å². The van der Waals surface area contributed by atoms with E-state index < -0.39 is 0 Å². The molecule has 2 heterocycles. The second-order valence-corrected chi connectivity index (χ2v) is 7.00. The van der Waals surface area contributed by atoms with Gasteiger partial charge in [0.15, 0.2) is 0 Å². The summed E-state index contributed by atoms with van der Waals surface area (Å²) in [6.45, 7) is 0.156. The highest BCUT2D eigenvalue weighted by Crippen LogP contribution is 2.48. The number of carbonyl (C=O) groups is 1. The summed E-state index contributed by atoms with van der Waals surface area (Å²) in [4.78, 5) is 20.8. The number of pyridine rings is 1. The van der Waals surface area contributed by atoms with Gasteiger partial charge < -0.3 is 14.9 Å². The zero-order chi connectivity index (χ0) is 17.2. The molecule has 2 fully saturated rings. The zero-order valence-corrected chi connectivity index (χ0v) is 14.0. The number of hydrogen-bond acceptors (Lipinski definition) is 6. The van der Waals surface area contributed by atoms with Gasteiger partial charge in [-0.2, -0.15) is 4.98 Å². The Morgan fingerprint density at radius 3 is 3.00 bits per heavy atom. The number of aromatic nitrogens is 3. The van der Waals surface area contributed by atoms with Crippen LogP contribution in [0.5, 0.6) is 0 Å². The molecular weight excluding hydrogens is 320 g/mol. The lowest BCUT2D eigenvalue weighted by molar-refractivity contribution is -0.122. The minimum Gasteiger partial charge on any atom is -0.396 e. The van der Waals surface area contributed by atoms with E-state index in [0.717, 1.165) is 12.8 Å². The van der Waals surface area contributed by atoms with Crippen molar-refractivity contribution in [1.82, 2.24) is 20.4 Å². The van der Waals surface area contributed by atoms with Crippen LogP contribution in [0.3, 0.4) is 0 Å². The van der Waals surface area contributed by atoms with Gasteiger partial charge in [-0.15, -0.1) is 0 Å². The predicted octanol–water partition coefficient (Wildman–Crippen LogP) is 1.59. The van der Waals surface area contributed by atoms with Crippen molar-refractivity contribution in [2.24, 2.45) is 17.8 Å². The molecule has 4 rings (SSSR count). The van der Waals surface area contributed by atoms with E-state index in [2.05, 4.69) is 20.4 Å². The number of rotatable bonds is 6. The largest absolute Gasteiger partial charge is 0.396 e. The molecule has 0 aliphatic heterocycles. The summed E-state index contributed by atoms with van der Waals surface area (Å²) in [7, 11) is 0. The third-order valence-corrected chi connectivity index (χ3v) is 5.55. The fourth-order valence-electron chi connectivity index (χ4n) is 4.33. The molecule has 0 aromatic carbocycles. The monoisotopic (exact) mass is 342 g/mol. The van der Waals surface area contributed by atoms with Crippen molar-refractivity contribution < 1.29 is 14.4 Å². The third kappa shape index (κ3) is 3.28. The van der Waals surface area contributed by atoms with Crippen LogP contribution < -0.4 is 5.32 Å². The van der Waals surface area contributed by atoms with E-state index in [1.165, 1.54) is 6.42 Å². The van der Waals surface area contributed by atoms with Crippen LogP contribution in [0, 0.1) is 17.8 Å². The molecule has 2 aromatic heterocycles. The molecule has 2 aliphatic carbocycles. The number of nitrogens with zero attached hydrogens (tertiary/aromatic N) is 3. The molecule has 2 bridgehead atoms. The van der Waals surface area contributed by atoms with Crippen LogP contribution in [-0.4, -0.2) is 38.8 Å². The summed E-state index contributed by atoms with van der Waals surface area (Å²) in [5.74, 6) is 2.14. The summed E-state index contributed by atoms with van der Waals surface area (Å²) in [6.07, 6.45) is 5.84. The SMILES string of the molecule is O=C(CCc1nc(-c2ccccn2)no1)NC1C2CCC(C2)C1CO. The lowest BCUT2D eigenvalue weighted by atomic mass is 9.85. The molecule has 132 valence electrons. The first-order valence-electron chi connectivity index (χ1n) is 8.89.